The van der Waals surface area contributed by atoms with E-state index in [9.17, 15) is 10.2 Å². The molecule has 0 radical (unpaired) electrons. The molecule has 0 fully saturated rings. The van der Waals surface area contributed by atoms with Crippen molar-refractivity contribution in [2.45, 2.75) is 105 Å². The standard InChI is InChI=1S/2C29H37N2O.4C7H7.Hf.Zr/c2*1-21(2)26-14-9-15-27(22(3)4)28(26)31-19-18-30-17-16-24-12-8-13-25(29(24)32)20-23-10-6-5-7-11-23;4*1-7-5-3-2-4-6-7;;/h2*5-15,21-22,30,32H,16-20H2,1-4H3;4*2-6H,1H2;;/q6*-1;2*+4. The van der Waals surface area contributed by atoms with Gasteiger partial charge < -0.3 is 31.5 Å². The van der Waals surface area contributed by atoms with Gasteiger partial charge in [0.15, 0.2) is 0 Å². The van der Waals surface area contributed by atoms with Crippen LogP contribution in [0.5, 0.6) is 11.5 Å². The van der Waals surface area contributed by atoms with E-state index in [0.717, 1.165) is 109 Å². The van der Waals surface area contributed by atoms with Crippen LogP contribution in [-0.4, -0.2) is 49.5 Å². The fraction of sp³-hybridized carbons (Fsp3) is 0.256. The first-order valence-electron chi connectivity index (χ1n) is 32.7. The average Bonchev–Trinajstić information content (AvgIpc) is 0.890. The van der Waals surface area contributed by atoms with Crippen molar-refractivity contribution in [1.29, 1.82) is 0 Å². The Hall–Kier alpha value is -7.45. The molecular weight excluding hydrogens is 1390 g/mol. The van der Waals surface area contributed by atoms with Crippen molar-refractivity contribution in [3.63, 3.8) is 0 Å². The molecule has 0 aliphatic heterocycles. The number of phenolic OH excluding ortho intramolecular Hbond substituents is 2. The first kappa shape index (κ1) is 80.8. The van der Waals surface area contributed by atoms with Crippen LogP contribution in [0.3, 0.4) is 0 Å². The molecule has 0 bridgehead atoms. The van der Waals surface area contributed by atoms with Gasteiger partial charge in [0.2, 0.25) is 0 Å². The third kappa shape index (κ3) is 30.7. The Labute approximate surface area is 605 Å². The second-order valence-electron chi connectivity index (χ2n) is 24.1. The zero-order valence-electron chi connectivity index (χ0n) is 57.2. The Morgan fingerprint density at radius 1 is 0.309 bits per heavy atom. The summed E-state index contributed by atoms with van der Waals surface area (Å²) in [5.74, 6) is 2.71. The van der Waals surface area contributed by atoms with E-state index in [4.69, 9.17) is 10.6 Å². The smallest absolute Gasteiger partial charge is 0.683 e. The number of para-hydroxylation sites is 4. The van der Waals surface area contributed by atoms with Crippen molar-refractivity contribution >= 4 is 11.4 Å². The summed E-state index contributed by atoms with van der Waals surface area (Å²) in [6.07, 6.45) is 3.10. The van der Waals surface area contributed by atoms with Crippen molar-refractivity contribution in [3.8, 4) is 11.5 Å². The number of nitrogens with one attached hydrogen (secondary N) is 2. The predicted octanol–water partition coefficient (Wildman–Crippen LogP) is 21.6. The van der Waals surface area contributed by atoms with Crippen LogP contribution in [0.2, 0.25) is 0 Å². The van der Waals surface area contributed by atoms with Crippen LogP contribution < -0.4 is 10.6 Å². The van der Waals surface area contributed by atoms with Gasteiger partial charge in [0.1, 0.15) is 11.5 Å². The Bertz CT molecular complexity index is 3190. The van der Waals surface area contributed by atoms with E-state index in [1.54, 1.807) is 0 Å². The molecule has 0 saturated heterocycles. The zero-order valence-corrected chi connectivity index (χ0v) is 63.3. The maximum absolute atomic E-state index is 10.7. The van der Waals surface area contributed by atoms with E-state index in [-0.39, 0.29) is 52.0 Å². The van der Waals surface area contributed by atoms with Crippen molar-refractivity contribution in [2.24, 2.45) is 0 Å². The fourth-order valence-electron chi connectivity index (χ4n) is 10.1. The molecule has 10 aromatic carbocycles. The van der Waals surface area contributed by atoms with Crippen LogP contribution >= 0.6 is 0 Å². The molecule has 0 heterocycles. The molecular formula is C86H102HfN4O2Zr+2. The van der Waals surface area contributed by atoms with Gasteiger partial charge in [-0.25, -0.2) is 0 Å². The van der Waals surface area contributed by atoms with Crippen molar-refractivity contribution < 1.29 is 62.3 Å². The van der Waals surface area contributed by atoms with Crippen LogP contribution in [0.15, 0.2) is 255 Å². The van der Waals surface area contributed by atoms with Crippen LogP contribution in [-0.2, 0) is 77.7 Å². The van der Waals surface area contributed by atoms with Crippen molar-refractivity contribution in [2.75, 3.05) is 39.3 Å². The molecule has 0 aliphatic carbocycles. The van der Waals surface area contributed by atoms with E-state index >= 15 is 0 Å². The number of hydrogen-bond donors (Lipinski definition) is 4. The second-order valence-corrected chi connectivity index (χ2v) is 24.1. The molecule has 0 aromatic heterocycles. The Morgan fingerprint density at radius 2 is 0.543 bits per heavy atom. The minimum Gasteiger partial charge on any atom is -0.683 e. The Morgan fingerprint density at radius 3 is 0.777 bits per heavy atom. The van der Waals surface area contributed by atoms with Gasteiger partial charge in [0.25, 0.3) is 0 Å². The van der Waals surface area contributed by atoms with E-state index < -0.39 is 0 Å². The number of hydrogen-bond acceptors (Lipinski definition) is 4. The summed E-state index contributed by atoms with van der Waals surface area (Å²) in [6.45, 7) is 37.5. The molecule has 0 atom stereocenters. The number of phenols is 2. The van der Waals surface area contributed by atoms with Crippen LogP contribution in [0.4, 0.5) is 11.4 Å². The molecule has 4 N–H and O–H groups in total. The fourth-order valence-corrected chi connectivity index (χ4v) is 10.1. The molecule has 94 heavy (non-hydrogen) atoms. The molecule has 10 aromatic rings. The molecule has 484 valence electrons. The SMILES string of the molecule is CC(C)c1cccc(C(C)C)c1[N-]CCNCCc1cccc(Cc2ccccc2)c1O.CC(C)c1cccc(C(C)C)c1[N-]CCNCCc1cccc(Cc2ccccc2)c1O.[CH2-]c1ccccc1.[CH2-]c1ccccc1.[CH2-]c1ccccc1.[CH2-]c1ccccc1.[Hf+4].[Zr+4]. The van der Waals surface area contributed by atoms with E-state index in [2.05, 4.69) is 154 Å². The van der Waals surface area contributed by atoms with Crippen molar-refractivity contribution in [3.05, 3.63) is 371 Å². The Kier molecular flexibility index (Phi) is 40.1. The summed E-state index contributed by atoms with van der Waals surface area (Å²) in [6, 6.07) is 85.3. The summed E-state index contributed by atoms with van der Waals surface area (Å²) < 4.78 is 0. The molecule has 8 heteroatoms. The molecule has 0 spiro atoms. The first-order chi connectivity index (χ1) is 44.5. The molecule has 6 nitrogen and oxygen atoms in total. The third-order valence-corrected chi connectivity index (χ3v) is 15.2. The second kappa shape index (κ2) is 46.6. The van der Waals surface area contributed by atoms with E-state index in [1.807, 2.05) is 194 Å². The molecule has 0 unspecified atom stereocenters. The quantitative estimate of drug-likeness (QED) is 0.0309. The molecule has 10 rings (SSSR count). The summed E-state index contributed by atoms with van der Waals surface area (Å²) in [5, 5.41) is 38.3. The third-order valence-electron chi connectivity index (χ3n) is 15.2. The van der Waals surface area contributed by atoms with Crippen LogP contribution in [0.1, 0.15) is 157 Å². The van der Waals surface area contributed by atoms with Gasteiger partial charge in [-0.3, -0.25) is 0 Å². The van der Waals surface area contributed by atoms with Gasteiger partial charge in [-0.05, 0) is 96.1 Å². The van der Waals surface area contributed by atoms with Gasteiger partial charge in [-0.1, -0.05) is 235 Å². The number of aromatic hydroxyl groups is 2. The van der Waals surface area contributed by atoms with E-state index in [0.29, 0.717) is 35.2 Å². The maximum atomic E-state index is 10.7. The molecule has 0 amide bonds. The van der Waals surface area contributed by atoms with E-state index in [1.165, 1.54) is 44.8 Å². The topological polar surface area (TPSA) is 92.7 Å². The van der Waals surface area contributed by atoms with Gasteiger partial charge in [0, 0.05) is 12.8 Å². The summed E-state index contributed by atoms with van der Waals surface area (Å²) in [7, 11) is 0. The maximum Gasteiger partial charge on any atom is 4.00 e. The predicted molar refractivity (Wildman–Crippen MR) is 396 cm³/mol. The zero-order chi connectivity index (χ0) is 66.3. The van der Waals surface area contributed by atoms with Gasteiger partial charge in [0.05, 0.1) is 0 Å². The van der Waals surface area contributed by atoms with Gasteiger partial charge >= 0.3 is 52.0 Å². The van der Waals surface area contributed by atoms with Crippen molar-refractivity contribution in [1.82, 2.24) is 10.6 Å². The summed E-state index contributed by atoms with van der Waals surface area (Å²) in [4.78, 5) is 0. The molecule has 0 aliphatic rings. The number of benzene rings is 10. The summed E-state index contributed by atoms with van der Waals surface area (Å²) in [5.41, 5.74) is 18.3. The first-order valence-corrected chi connectivity index (χ1v) is 32.7. The summed E-state index contributed by atoms with van der Waals surface area (Å²) >= 11 is 0. The number of nitrogens with zero attached hydrogens (tertiary/aromatic N) is 2. The van der Waals surface area contributed by atoms with Crippen LogP contribution in [0.25, 0.3) is 10.6 Å². The van der Waals surface area contributed by atoms with Gasteiger partial charge in [-0.15, -0.1) is 73.0 Å². The normalized spacial score (nSPS) is 10.3. The Balaban J connectivity index is 0.000000340. The molecule has 0 saturated carbocycles. The van der Waals surface area contributed by atoms with Gasteiger partial charge in [-0.2, -0.15) is 98.5 Å². The minimum absolute atomic E-state index is 0. The average molecular weight is 1490 g/mol. The minimum atomic E-state index is 0. The largest absolute Gasteiger partial charge is 4.00 e. The van der Waals surface area contributed by atoms with Crippen LogP contribution in [0, 0.1) is 27.7 Å². The number of rotatable bonds is 22. The monoisotopic (exact) mass is 1490 g/mol.